The van der Waals surface area contributed by atoms with Crippen LogP contribution in [0.2, 0.25) is 0 Å². The highest BCUT2D eigenvalue weighted by Crippen LogP contribution is 2.38. The van der Waals surface area contributed by atoms with Gasteiger partial charge < -0.3 is 4.74 Å². The molecule has 0 N–H and O–H groups in total. The van der Waals surface area contributed by atoms with E-state index in [0.29, 0.717) is 5.88 Å². The van der Waals surface area contributed by atoms with Gasteiger partial charge in [0.15, 0.2) is 5.17 Å². The van der Waals surface area contributed by atoms with Crippen molar-refractivity contribution in [1.82, 2.24) is 4.90 Å². The number of anilines is 1. The van der Waals surface area contributed by atoms with Crippen molar-refractivity contribution in [2.45, 2.75) is 66.5 Å². The van der Waals surface area contributed by atoms with Gasteiger partial charge >= 0.3 is 6.03 Å². The maximum atomic E-state index is 13.7. The van der Waals surface area contributed by atoms with E-state index in [1.807, 2.05) is 62.9 Å². The van der Waals surface area contributed by atoms with Crippen molar-refractivity contribution in [3.8, 4) is 11.5 Å². The van der Waals surface area contributed by atoms with Crippen molar-refractivity contribution in [2.75, 3.05) is 10.8 Å². The summed E-state index contributed by atoms with van der Waals surface area (Å²) >= 11 is 1.60. The van der Waals surface area contributed by atoms with Gasteiger partial charge in [-0.1, -0.05) is 60.3 Å². The minimum absolute atomic E-state index is 0.00153. The summed E-state index contributed by atoms with van der Waals surface area (Å²) in [5, 5.41) is 0.780. The van der Waals surface area contributed by atoms with Gasteiger partial charge in [-0.2, -0.15) is 0 Å². The molecule has 0 bridgehead atoms. The van der Waals surface area contributed by atoms with Gasteiger partial charge in [0.25, 0.3) is 0 Å². The molecular formula is C31H37N3O2S. The van der Waals surface area contributed by atoms with Gasteiger partial charge in [0, 0.05) is 11.6 Å². The molecule has 6 heteroatoms. The number of benzene rings is 3. The van der Waals surface area contributed by atoms with Gasteiger partial charge in [-0.25, -0.2) is 4.79 Å². The molecule has 0 unspecified atom stereocenters. The number of hydrogen-bond donors (Lipinski definition) is 0. The second-order valence-electron chi connectivity index (χ2n) is 10.8. The number of ether oxygens (including phenoxy) is 1. The largest absolute Gasteiger partial charge is 0.457 e. The Morgan fingerprint density at radius 3 is 2.22 bits per heavy atom. The van der Waals surface area contributed by atoms with Crippen LogP contribution in [-0.2, 0) is 6.42 Å². The number of urea groups is 1. The maximum absolute atomic E-state index is 13.7. The standard InChI is InChI=1S/C31H37N3O2S/c1-21(2)34-29(32-31(5,6)7)37-20-33(30(34)35)28-22(3)13-18-27(23(28)4)36-26-16-14-25(15-17-26)19-24-11-9-8-10-12-24/h8-18,21H,19-20H2,1-7H3. The Labute approximate surface area is 225 Å². The summed E-state index contributed by atoms with van der Waals surface area (Å²) in [6, 6.07) is 22.6. The maximum Gasteiger partial charge on any atom is 0.331 e. The van der Waals surface area contributed by atoms with Crippen molar-refractivity contribution in [1.29, 1.82) is 0 Å². The van der Waals surface area contributed by atoms with E-state index in [1.54, 1.807) is 16.7 Å². The first-order valence-corrected chi connectivity index (χ1v) is 13.8. The molecule has 3 aromatic carbocycles. The molecule has 4 rings (SSSR count). The summed E-state index contributed by atoms with van der Waals surface area (Å²) < 4.78 is 6.32. The fourth-order valence-corrected chi connectivity index (χ4v) is 5.66. The van der Waals surface area contributed by atoms with Crippen LogP contribution in [0, 0.1) is 13.8 Å². The molecule has 37 heavy (non-hydrogen) atoms. The average Bonchev–Trinajstić information content (AvgIpc) is 2.83. The Morgan fingerprint density at radius 1 is 0.946 bits per heavy atom. The number of rotatable bonds is 6. The number of amides is 2. The molecule has 1 fully saturated rings. The Bertz CT molecular complexity index is 1280. The summed E-state index contributed by atoms with van der Waals surface area (Å²) in [5.74, 6) is 2.04. The molecule has 1 aliphatic heterocycles. The second kappa shape index (κ2) is 11.0. The summed E-state index contributed by atoms with van der Waals surface area (Å²) in [7, 11) is 0. The molecule has 5 nitrogen and oxygen atoms in total. The number of hydrogen-bond acceptors (Lipinski definition) is 4. The van der Waals surface area contributed by atoms with Crippen molar-refractivity contribution in [2.24, 2.45) is 4.99 Å². The van der Waals surface area contributed by atoms with Crippen LogP contribution >= 0.6 is 11.8 Å². The van der Waals surface area contributed by atoms with E-state index in [0.717, 1.165) is 39.9 Å². The van der Waals surface area contributed by atoms with Crippen LogP contribution in [0.15, 0.2) is 71.7 Å². The number of aryl methyl sites for hydroxylation is 1. The molecule has 0 atom stereocenters. The molecule has 0 saturated carbocycles. The highest BCUT2D eigenvalue weighted by Gasteiger charge is 2.36. The predicted molar refractivity (Wildman–Crippen MR) is 156 cm³/mol. The van der Waals surface area contributed by atoms with Crippen LogP contribution in [0.3, 0.4) is 0 Å². The third-order valence-corrected chi connectivity index (χ3v) is 7.10. The van der Waals surface area contributed by atoms with E-state index in [9.17, 15) is 4.79 Å². The van der Waals surface area contributed by atoms with Crippen LogP contribution in [0.1, 0.15) is 56.9 Å². The van der Waals surface area contributed by atoms with E-state index in [-0.39, 0.29) is 17.6 Å². The number of thioether (sulfide) groups is 1. The molecule has 3 aromatic rings. The second-order valence-corrected chi connectivity index (χ2v) is 11.7. The fourth-order valence-electron chi connectivity index (χ4n) is 4.41. The number of amidine groups is 1. The fraction of sp³-hybridized carbons (Fsp3) is 0.355. The van der Waals surface area contributed by atoms with Crippen molar-refractivity contribution < 1.29 is 9.53 Å². The van der Waals surface area contributed by atoms with Crippen molar-refractivity contribution in [3.05, 3.63) is 89.0 Å². The smallest absolute Gasteiger partial charge is 0.331 e. The molecule has 0 spiro atoms. The van der Waals surface area contributed by atoms with Crippen molar-refractivity contribution in [3.63, 3.8) is 0 Å². The number of aliphatic imine (C=N–C) groups is 1. The Balaban J connectivity index is 1.57. The highest BCUT2D eigenvalue weighted by molar-refractivity contribution is 8.14. The predicted octanol–water partition coefficient (Wildman–Crippen LogP) is 8.18. The van der Waals surface area contributed by atoms with Crippen molar-refractivity contribution >= 4 is 28.6 Å². The number of nitrogens with zero attached hydrogens (tertiary/aromatic N) is 3. The van der Waals surface area contributed by atoms with Gasteiger partial charge in [0.2, 0.25) is 0 Å². The third-order valence-electron chi connectivity index (χ3n) is 6.17. The Kier molecular flexibility index (Phi) is 7.98. The molecular weight excluding hydrogens is 478 g/mol. The summed E-state index contributed by atoms with van der Waals surface area (Å²) in [5.41, 5.74) is 5.15. The normalized spacial score (nSPS) is 15.6. The Hall–Kier alpha value is -3.25. The van der Waals surface area contributed by atoms with Gasteiger partial charge in [0.1, 0.15) is 11.5 Å². The van der Waals surface area contributed by atoms with E-state index >= 15 is 0 Å². The average molecular weight is 516 g/mol. The highest BCUT2D eigenvalue weighted by atomic mass is 32.2. The lowest BCUT2D eigenvalue weighted by molar-refractivity contribution is 0.220. The van der Waals surface area contributed by atoms with Gasteiger partial charge in [-0.05, 0) is 89.8 Å². The zero-order chi connectivity index (χ0) is 26.7. The number of carbonyl (C=O) groups excluding carboxylic acids is 1. The van der Waals surface area contributed by atoms with Gasteiger partial charge in [-0.15, -0.1) is 0 Å². The molecule has 1 heterocycles. The first-order chi connectivity index (χ1) is 17.5. The van der Waals surface area contributed by atoms with E-state index in [1.165, 1.54) is 11.1 Å². The lowest BCUT2D eigenvalue weighted by Gasteiger charge is -2.40. The Morgan fingerprint density at radius 2 is 1.59 bits per heavy atom. The van der Waals surface area contributed by atoms with Crippen LogP contribution in [0.5, 0.6) is 11.5 Å². The SMILES string of the molecule is Cc1ccc(Oc2ccc(Cc3ccccc3)cc2)c(C)c1N1CSC(=NC(C)(C)C)N(C(C)C)C1=O. The first-order valence-electron chi connectivity index (χ1n) is 12.8. The monoisotopic (exact) mass is 515 g/mol. The van der Waals surface area contributed by atoms with Crippen LogP contribution in [-0.4, -0.2) is 33.6 Å². The van der Waals surface area contributed by atoms with Crippen LogP contribution < -0.4 is 9.64 Å². The third kappa shape index (κ3) is 6.37. The van der Waals surface area contributed by atoms with Crippen LogP contribution in [0.4, 0.5) is 10.5 Å². The number of carbonyl (C=O) groups is 1. The van der Waals surface area contributed by atoms with Crippen LogP contribution in [0.25, 0.3) is 0 Å². The van der Waals surface area contributed by atoms with E-state index in [2.05, 4.69) is 57.2 Å². The molecule has 2 amide bonds. The summed E-state index contributed by atoms with van der Waals surface area (Å²) in [6.07, 6.45) is 0.885. The summed E-state index contributed by atoms with van der Waals surface area (Å²) in [4.78, 5) is 22.2. The minimum atomic E-state index is -0.256. The molecule has 1 aliphatic rings. The molecule has 194 valence electrons. The molecule has 0 aromatic heterocycles. The van der Waals surface area contributed by atoms with E-state index in [4.69, 9.17) is 9.73 Å². The zero-order valence-electron chi connectivity index (χ0n) is 22.9. The molecule has 1 saturated heterocycles. The van der Waals surface area contributed by atoms with Gasteiger partial charge in [-0.3, -0.25) is 14.8 Å². The first kappa shape index (κ1) is 26.8. The van der Waals surface area contributed by atoms with Gasteiger partial charge in [0.05, 0.1) is 17.1 Å². The lowest BCUT2D eigenvalue weighted by atomic mass is 10.0. The molecule has 0 aliphatic carbocycles. The molecule has 0 radical (unpaired) electrons. The minimum Gasteiger partial charge on any atom is -0.457 e. The van der Waals surface area contributed by atoms with E-state index < -0.39 is 0 Å². The zero-order valence-corrected chi connectivity index (χ0v) is 23.7. The quantitative estimate of drug-likeness (QED) is 0.332. The topological polar surface area (TPSA) is 45.1 Å². The lowest BCUT2D eigenvalue weighted by Crippen LogP contribution is -2.53. The summed E-state index contributed by atoms with van der Waals surface area (Å²) in [6.45, 7) is 14.3.